The van der Waals surface area contributed by atoms with Gasteiger partial charge in [-0.25, -0.2) is 4.98 Å². The SMILES string of the molecule is CC(OC(=O)Cn1cc(Br)ccc1=O)c1nc2ccccc2n1C(F)F. The Morgan fingerprint density at radius 3 is 2.73 bits per heavy atom. The van der Waals surface area contributed by atoms with Crippen molar-refractivity contribution in [1.29, 1.82) is 0 Å². The number of fused-ring (bicyclic) bond motifs is 1. The van der Waals surface area contributed by atoms with Gasteiger partial charge in [-0.15, -0.1) is 0 Å². The van der Waals surface area contributed by atoms with E-state index in [1.54, 1.807) is 24.3 Å². The lowest BCUT2D eigenvalue weighted by molar-refractivity contribution is -0.150. The molecule has 0 saturated carbocycles. The van der Waals surface area contributed by atoms with Crippen LogP contribution in [0.25, 0.3) is 11.0 Å². The molecule has 0 spiro atoms. The number of carbonyl (C=O) groups excluding carboxylic acids is 1. The van der Waals surface area contributed by atoms with E-state index in [-0.39, 0.29) is 23.4 Å². The highest BCUT2D eigenvalue weighted by Crippen LogP contribution is 2.28. The molecule has 0 saturated heterocycles. The minimum absolute atomic E-state index is 0.0591. The van der Waals surface area contributed by atoms with Gasteiger partial charge in [-0.3, -0.25) is 14.2 Å². The van der Waals surface area contributed by atoms with E-state index >= 15 is 0 Å². The predicted molar refractivity (Wildman–Crippen MR) is 93.9 cm³/mol. The molecule has 0 aliphatic carbocycles. The van der Waals surface area contributed by atoms with Crippen LogP contribution < -0.4 is 5.56 Å². The molecular weight excluding hydrogens is 412 g/mol. The molecule has 1 aromatic carbocycles. The second-order valence-electron chi connectivity index (χ2n) is 5.55. The second-order valence-corrected chi connectivity index (χ2v) is 6.47. The highest BCUT2D eigenvalue weighted by atomic mass is 79.9. The molecule has 2 heterocycles. The van der Waals surface area contributed by atoms with Crippen molar-refractivity contribution < 1.29 is 18.3 Å². The van der Waals surface area contributed by atoms with Gasteiger partial charge in [0.1, 0.15) is 6.54 Å². The van der Waals surface area contributed by atoms with Crippen molar-refractivity contribution in [2.75, 3.05) is 0 Å². The van der Waals surface area contributed by atoms with Crippen LogP contribution in [0.1, 0.15) is 25.4 Å². The number of esters is 1. The van der Waals surface area contributed by atoms with Crippen molar-refractivity contribution in [2.45, 2.75) is 26.1 Å². The molecule has 1 unspecified atom stereocenters. The molecule has 6 nitrogen and oxygen atoms in total. The normalized spacial score (nSPS) is 12.5. The van der Waals surface area contributed by atoms with E-state index in [0.717, 1.165) is 9.13 Å². The number of rotatable bonds is 5. The van der Waals surface area contributed by atoms with E-state index in [1.165, 1.54) is 25.3 Å². The summed E-state index contributed by atoms with van der Waals surface area (Å²) in [5.74, 6) is -0.790. The zero-order chi connectivity index (χ0) is 18.8. The number of hydrogen-bond donors (Lipinski definition) is 0. The van der Waals surface area contributed by atoms with Crippen LogP contribution in [0, 0.1) is 0 Å². The number of alkyl halides is 2. The Morgan fingerprint density at radius 1 is 1.27 bits per heavy atom. The zero-order valence-electron chi connectivity index (χ0n) is 13.6. The Hall–Kier alpha value is -2.55. The zero-order valence-corrected chi connectivity index (χ0v) is 15.2. The third-order valence-electron chi connectivity index (χ3n) is 3.74. The Balaban J connectivity index is 1.83. The molecule has 136 valence electrons. The summed E-state index contributed by atoms with van der Waals surface area (Å²) < 4.78 is 34.7. The molecule has 0 fully saturated rings. The molecule has 26 heavy (non-hydrogen) atoms. The lowest BCUT2D eigenvalue weighted by Gasteiger charge is -2.15. The number of nitrogens with zero attached hydrogens (tertiary/aromatic N) is 3. The van der Waals surface area contributed by atoms with Crippen molar-refractivity contribution >= 4 is 32.9 Å². The van der Waals surface area contributed by atoms with Crippen LogP contribution in [-0.2, 0) is 16.1 Å². The molecule has 0 bridgehead atoms. The minimum Gasteiger partial charge on any atom is -0.453 e. The smallest absolute Gasteiger partial charge is 0.326 e. The number of para-hydroxylation sites is 2. The summed E-state index contributed by atoms with van der Waals surface area (Å²) in [6.45, 7) is -1.70. The van der Waals surface area contributed by atoms with Gasteiger partial charge in [0.25, 0.3) is 5.56 Å². The third-order valence-corrected chi connectivity index (χ3v) is 4.21. The van der Waals surface area contributed by atoms with Crippen molar-refractivity contribution in [3.63, 3.8) is 0 Å². The first-order valence-electron chi connectivity index (χ1n) is 7.67. The number of pyridine rings is 1. The van der Waals surface area contributed by atoms with E-state index in [9.17, 15) is 18.4 Å². The minimum atomic E-state index is -2.83. The fraction of sp³-hybridized carbons (Fsp3) is 0.235. The number of benzene rings is 1. The quantitative estimate of drug-likeness (QED) is 0.585. The van der Waals surface area contributed by atoms with E-state index in [0.29, 0.717) is 9.99 Å². The highest BCUT2D eigenvalue weighted by Gasteiger charge is 2.24. The molecule has 9 heteroatoms. The Labute approximate surface area is 155 Å². The van der Waals surface area contributed by atoms with Crippen LogP contribution in [-0.4, -0.2) is 20.1 Å². The van der Waals surface area contributed by atoms with Gasteiger partial charge in [0, 0.05) is 16.7 Å². The van der Waals surface area contributed by atoms with Crippen molar-refractivity contribution in [3.05, 3.63) is 63.2 Å². The summed E-state index contributed by atoms with van der Waals surface area (Å²) in [7, 11) is 0. The maximum Gasteiger partial charge on any atom is 0.326 e. The first-order chi connectivity index (χ1) is 12.4. The number of halogens is 3. The lowest BCUT2D eigenvalue weighted by atomic mass is 10.3. The summed E-state index contributed by atoms with van der Waals surface area (Å²) in [4.78, 5) is 28.0. The Morgan fingerprint density at radius 2 is 2.00 bits per heavy atom. The number of imidazole rings is 1. The van der Waals surface area contributed by atoms with Gasteiger partial charge in [-0.05, 0) is 41.1 Å². The summed E-state index contributed by atoms with van der Waals surface area (Å²) in [5, 5.41) is 0. The Bertz CT molecular complexity index is 1020. The van der Waals surface area contributed by atoms with E-state index < -0.39 is 18.6 Å². The van der Waals surface area contributed by atoms with Crippen molar-refractivity contribution in [1.82, 2.24) is 14.1 Å². The lowest BCUT2D eigenvalue weighted by Crippen LogP contribution is -2.25. The predicted octanol–water partition coefficient (Wildman–Crippen LogP) is 3.66. The molecular formula is C17H14BrF2N3O3. The van der Waals surface area contributed by atoms with Crippen LogP contribution in [0.4, 0.5) is 8.78 Å². The van der Waals surface area contributed by atoms with Crippen LogP contribution in [0.5, 0.6) is 0 Å². The first kappa shape index (κ1) is 18.2. The molecule has 3 aromatic rings. The van der Waals surface area contributed by atoms with Crippen LogP contribution in [0.2, 0.25) is 0 Å². The summed E-state index contributed by atoms with van der Waals surface area (Å²) >= 11 is 3.21. The fourth-order valence-corrected chi connectivity index (χ4v) is 2.99. The standard InChI is InChI=1S/C17H14BrF2N3O3/c1-10(26-15(25)9-22-8-11(18)6-7-14(22)24)16-21-12-4-2-3-5-13(12)23(16)17(19)20/h2-8,10,17H,9H2,1H3. The van der Waals surface area contributed by atoms with Gasteiger partial charge in [0.15, 0.2) is 11.9 Å². The second kappa shape index (κ2) is 7.36. The molecule has 0 aliphatic rings. The summed E-state index contributed by atoms with van der Waals surface area (Å²) in [6, 6.07) is 9.30. The van der Waals surface area contributed by atoms with Gasteiger partial charge in [0.05, 0.1) is 11.0 Å². The topological polar surface area (TPSA) is 66.1 Å². The molecule has 0 aliphatic heterocycles. The van der Waals surface area contributed by atoms with Crippen LogP contribution in [0.3, 0.4) is 0 Å². The van der Waals surface area contributed by atoms with Gasteiger partial charge >= 0.3 is 12.5 Å². The van der Waals surface area contributed by atoms with Gasteiger partial charge in [0.2, 0.25) is 0 Å². The largest absolute Gasteiger partial charge is 0.453 e. The maximum absolute atomic E-state index is 13.5. The number of carbonyl (C=O) groups is 1. The number of aromatic nitrogens is 3. The fourth-order valence-electron chi connectivity index (χ4n) is 2.61. The Kier molecular flexibility index (Phi) is 5.17. The van der Waals surface area contributed by atoms with E-state index in [4.69, 9.17) is 4.74 Å². The number of hydrogen-bond acceptors (Lipinski definition) is 4. The number of ether oxygens (including phenoxy) is 1. The van der Waals surface area contributed by atoms with Crippen molar-refractivity contribution in [3.8, 4) is 0 Å². The first-order valence-corrected chi connectivity index (χ1v) is 8.46. The van der Waals surface area contributed by atoms with E-state index in [1.807, 2.05) is 0 Å². The molecule has 0 radical (unpaired) electrons. The van der Waals surface area contributed by atoms with E-state index in [2.05, 4.69) is 20.9 Å². The average molecular weight is 426 g/mol. The van der Waals surface area contributed by atoms with Crippen LogP contribution in [0.15, 0.2) is 51.9 Å². The molecule has 3 rings (SSSR count). The molecule has 0 amide bonds. The average Bonchev–Trinajstić information content (AvgIpc) is 2.98. The maximum atomic E-state index is 13.5. The molecule has 2 aromatic heterocycles. The summed E-state index contributed by atoms with van der Waals surface area (Å²) in [5.41, 5.74) is 0.259. The van der Waals surface area contributed by atoms with Crippen LogP contribution >= 0.6 is 15.9 Å². The van der Waals surface area contributed by atoms with Gasteiger partial charge < -0.3 is 9.30 Å². The van der Waals surface area contributed by atoms with Gasteiger partial charge in [-0.2, -0.15) is 8.78 Å². The van der Waals surface area contributed by atoms with Gasteiger partial charge in [-0.1, -0.05) is 12.1 Å². The third kappa shape index (κ3) is 3.67. The van der Waals surface area contributed by atoms with Crippen molar-refractivity contribution in [2.24, 2.45) is 0 Å². The monoisotopic (exact) mass is 425 g/mol. The molecule has 0 N–H and O–H groups in total. The molecule has 1 atom stereocenters. The highest BCUT2D eigenvalue weighted by molar-refractivity contribution is 9.10. The summed E-state index contributed by atoms with van der Waals surface area (Å²) in [6.07, 6.45) is 0.439.